The van der Waals surface area contributed by atoms with Gasteiger partial charge in [0.05, 0.1) is 15.2 Å². The Bertz CT molecular complexity index is 1420. The topological polar surface area (TPSA) is 63.5 Å². The van der Waals surface area contributed by atoms with Crippen LogP contribution in [0.15, 0.2) is 24.4 Å². The SMILES string of the molecule is Cn1cc2cc(-c3nc4sc(N5CCC56CCCN(C(=O)OC(C)(C)C)C6)cc4s3)cc(F)c2n1. The number of aryl methyl sites for hydroxylation is 1. The lowest BCUT2D eigenvalue weighted by molar-refractivity contribution is 0.00852. The third kappa shape index (κ3) is 3.96. The van der Waals surface area contributed by atoms with Crippen molar-refractivity contribution in [1.29, 1.82) is 0 Å². The van der Waals surface area contributed by atoms with Crippen molar-refractivity contribution in [3.63, 3.8) is 0 Å². The van der Waals surface area contributed by atoms with E-state index in [0.717, 1.165) is 57.8 Å². The second-order valence-corrected chi connectivity index (χ2v) is 12.6. The number of thiazole rings is 1. The number of benzene rings is 1. The highest BCUT2D eigenvalue weighted by atomic mass is 32.1. The van der Waals surface area contributed by atoms with Gasteiger partial charge in [-0.05, 0) is 58.2 Å². The van der Waals surface area contributed by atoms with Gasteiger partial charge in [0.2, 0.25) is 0 Å². The average molecular weight is 514 g/mol. The van der Waals surface area contributed by atoms with E-state index in [4.69, 9.17) is 9.72 Å². The molecule has 6 rings (SSSR count). The number of likely N-dealkylation sites (tertiary alicyclic amines) is 1. The summed E-state index contributed by atoms with van der Waals surface area (Å²) in [5, 5.41) is 6.97. The van der Waals surface area contributed by atoms with Gasteiger partial charge < -0.3 is 14.5 Å². The molecule has 1 atom stereocenters. The number of carbonyl (C=O) groups is 1. The maximum absolute atomic E-state index is 14.6. The van der Waals surface area contributed by atoms with Crippen LogP contribution >= 0.6 is 22.7 Å². The molecule has 1 spiro atoms. The van der Waals surface area contributed by atoms with E-state index in [1.807, 2.05) is 37.9 Å². The van der Waals surface area contributed by atoms with E-state index < -0.39 is 5.60 Å². The zero-order valence-electron chi connectivity index (χ0n) is 20.3. The lowest BCUT2D eigenvalue weighted by atomic mass is 9.78. The minimum absolute atomic E-state index is 0.0283. The first-order valence-electron chi connectivity index (χ1n) is 11.9. The van der Waals surface area contributed by atoms with Crippen molar-refractivity contribution >= 4 is 54.2 Å². The molecule has 3 aromatic heterocycles. The van der Waals surface area contributed by atoms with Crippen LogP contribution in [0.2, 0.25) is 0 Å². The third-order valence-electron chi connectivity index (χ3n) is 6.85. The van der Waals surface area contributed by atoms with Gasteiger partial charge in [-0.1, -0.05) is 11.3 Å². The van der Waals surface area contributed by atoms with E-state index in [1.54, 1.807) is 34.4 Å². The number of ether oxygens (including phenoxy) is 1. The van der Waals surface area contributed by atoms with E-state index in [1.165, 1.54) is 11.1 Å². The first kappa shape index (κ1) is 22.7. The van der Waals surface area contributed by atoms with Gasteiger partial charge in [0, 0.05) is 43.8 Å². The lowest BCUT2D eigenvalue weighted by Gasteiger charge is -2.57. The van der Waals surface area contributed by atoms with Crippen LogP contribution in [0.3, 0.4) is 0 Å². The molecule has 0 N–H and O–H groups in total. The van der Waals surface area contributed by atoms with Crippen molar-refractivity contribution in [3.05, 3.63) is 30.2 Å². The molecule has 10 heteroatoms. The Kier molecular flexibility index (Phi) is 5.12. The van der Waals surface area contributed by atoms with E-state index in [-0.39, 0.29) is 17.4 Å². The number of fused-ring (bicyclic) bond motifs is 2. The van der Waals surface area contributed by atoms with Crippen molar-refractivity contribution in [3.8, 4) is 10.6 Å². The van der Waals surface area contributed by atoms with Crippen molar-refractivity contribution in [2.45, 2.75) is 51.2 Å². The molecule has 2 fully saturated rings. The number of hydrogen-bond donors (Lipinski definition) is 0. The number of thiophene rings is 1. The molecule has 1 aromatic carbocycles. The normalized spacial score (nSPS) is 20.7. The summed E-state index contributed by atoms with van der Waals surface area (Å²) in [6.07, 6.45) is 4.71. The molecule has 7 nitrogen and oxygen atoms in total. The molecule has 2 aliphatic rings. The first-order valence-corrected chi connectivity index (χ1v) is 13.5. The number of halogens is 1. The van der Waals surface area contributed by atoms with Crippen LogP contribution in [0.1, 0.15) is 40.0 Å². The standard InChI is InChI=1S/C25H28FN5O2S2/c1-24(2,3)33-23(32)30-8-5-6-25(14-30)7-9-31(25)19-12-18-22(35-19)27-21(34-18)15-10-16-13-29(4)28-20(16)17(26)11-15/h10-13H,5-9,14H2,1-4H3. The van der Waals surface area contributed by atoms with Gasteiger partial charge in [0.15, 0.2) is 5.82 Å². The number of carbonyl (C=O) groups excluding carboxylic acids is 1. The number of anilines is 1. The van der Waals surface area contributed by atoms with Gasteiger partial charge in [-0.15, -0.1) is 11.3 Å². The fourth-order valence-corrected chi connectivity index (χ4v) is 7.55. The highest BCUT2D eigenvalue weighted by Crippen LogP contribution is 2.47. The average Bonchev–Trinajstić information content (AvgIpc) is 3.44. The number of amides is 1. The van der Waals surface area contributed by atoms with E-state index in [2.05, 4.69) is 16.1 Å². The van der Waals surface area contributed by atoms with Crippen LogP contribution in [0.4, 0.5) is 14.2 Å². The van der Waals surface area contributed by atoms with E-state index in [9.17, 15) is 9.18 Å². The molecule has 0 bridgehead atoms. The van der Waals surface area contributed by atoms with Crippen LogP contribution in [0.5, 0.6) is 0 Å². The lowest BCUT2D eigenvalue weighted by Crippen LogP contribution is -2.68. The van der Waals surface area contributed by atoms with Crippen molar-refractivity contribution < 1.29 is 13.9 Å². The Morgan fingerprint density at radius 3 is 2.71 bits per heavy atom. The predicted octanol–water partition coefficient (Wildman–Crippen LogP) is 6.03. The summed E-state index contributed by atoms with van der Waals surface area (Å²) in [6, 6.07) is 5.68. The number of aromatic nitrogens is 3. The molecule has 5 heterocycles. The molecule has 35 heavy (non-hydrogen) atoms. The van der Waals surface area contributed by atoms with Gasteiger partial charge in [-0.3, -0.25) is 4.68 Å². The number of piperidine rings is 1. The Hall–Kier alpha value is -2.72. The second kappa shape index (κ2) is 7.89. The molecular weight excluding hydrogens is 485 g/mol. The predicted molar refractivity (Wildman–Crippen MR) is 139 cm³/mol. The monoisotopic (exact) mass is 513 g/mol. The minimum Gasteiger partial charge on any atom is -0.444 e. The molecule has 0 aliphatic carbocycles. The fraction of sp³-hybridized carbons (Fsp3) is 0.480. The molecule has 0 radical (unpaired) electrons. The summed E-state index contributed by atoms with van der Waals surface area (Å²) in [5.74, 6) is -0.327. The van der Waals surface area contributed by atoms with E-state index >= 15 is 0 Å². The molecule has 4 aromatic rings. The maximum atomic E-state index is 14.6. The van der Waals surface area contributed by atoms with Crippen LogP contribution in [-0.4, -0.2) is 56.5 Å². The van der Waals surface area contributed by atoms with Crippen LogP contribution in [-0.2, 0) is 11.8 Å². The van der Waals surface area contributed by atoms with Gasteiger partial charge >= 0.3 is 6.09 Å². The van der Waals surface area contributed by atoms with Crippen molar-refractivity contribution in [1.82, 2.24) is 19.7 Å². The van der Waals surface area contributed by atoms with Gasteiger partial charge in [-0.25, -0.2) is 14.2 Å². The number of nitrogens with zero attached hydrogens (tertiary/aromatic N) is 5. The summed E-state index contributed by atoms with van der Waals surface area (Å²) in [4.78, 5) is 22.8. The summed E-state index contributed by atoms with van der Waals surface area (Å²) >= 11 is 3.26. The summed E-state index contributed by atoms with van der Waals surface area (Å²) < 4.78 is 23.0. The van der Waals surface area contributed by atoms with Crippen LogP contribution in [0, 0.1) is 5.82 Å². The Morgan fingerprint density at radius 1 is 1.17 bits per heavy atom. The summed E-state index contributed by atoms with van der Waals surface area (Å²) in [6.45, 7) is 8.13. The largest absolute Gasteiger partial charge is 0.444 e. The third-order valence-corrected chi connectivity index (χ3v) is 9.08. The zero-order valence-corrected chi connectivity index (χ0v) is 21.9. The van der Waals surface area contributed by atoms with Gasteiger partial charge in [0.25, 0.3) is 0 Å². The van der Waals surface area contributed by atoms with Crippen LogP contribution in [0.25, 0.3) is 31.0 Å². The Balaban J connectivity index is 1.24. The second-order valence-electron chi connectivity index (χ2n) is 10.6. The van der Waals surface area contributed by atoms with Gasteiger partial charge in [-0.2, -0.15) is 5.10 Å². The van der Waals surface area contributed by atoms with Crippen molar-refractivity contribution in [2.24, 2.45) is 7.05 Å². The molecule has 1 unspecified atom stereocenters. The smallest absolute Gasteiger partial charge is 0.410 e. The zero-order chi connectivity index (χ0) is 24.5. The molecule has 0 saturated carbocycles. The number of rotatable bonds is 2. The van der Waals surface area contributed by atoms with Crippen LogP contribution < -0.4 is 4.90 Å². The highest BCUT2D eigenvalue weighted by Gasteiger charge is 2.49. The quantitative estimate of drug-likeness (QED) is 0.327. The molecule has 2 aliphatic heterocycles. The van der Waals surface area contributed by atoms with E-state index in [0.29, 0.717) is 12.1 Å². The molecule has 184 valence electrons. The maximum Gasteiger partial charge on any atom is 0.410 e. The Labute approximate surface area is 211 Å². The first-order chi connectivity index (χ1) is 16.6. The van der Waals surface area contributed by atoms with Gasteiger partial charge in [0.1, 0.15) is 21.0 Å². The summed E-state index contributed by atoms with van der Waals surface area (Å²) in [5.41, 5.74) is 0.637. The molecule has 2 saturated heterocycles. The summed E-state index contributed by atoms with van der Waals surface area (Å²) in [7, 11) is 1.79. The Morgan fingerprint density at radius 2 is 2.00 bits per heavy atom. The molecule has 1 amide bonds. The van der Waals surface area contributed by atoms with Crippen molar-refractivity contribution in [2.75, 3.05) is 24.5 Å². The molecular formula is C25H28FN5O2S2. The minimum atomic E-state index is -0.493. The number of hydrogen-bond acceptors (Lipinski definition) is 7. The highest BCUT2D eigenvalue weighted by molar-refractivity contribution is 7.30. The fourth-order valence-electron chi connectivity index (χ4n) is 5.22.